The maximum Gasteiger partial charge on any atom is 0.319 e. The lowest BCUT2D eigenvalue weighted by molar-refractivity contribution is -0.121. The maximum absolute atomic E-state index is 11.8. The van der Waals surface area contributed by atoms with Gasteiger partial charge >= 0.3 is 6.03 Å². The van der Waals surface area contributed by atoms with Crippen LogP contribution in [0.5, 0.6) is 0 Å². The van der Waals surface area contributed by atoms with Crippen molar-refractivity contribution in [2.45, 2.75) is 19.4 Å². The van der Waals surface area contributed by atoms with Crippen molar-refractivity contribution < 1.29 is 14.0 Å². The van der Waals surface area contributed by atoms with Crippen LogP contribution in [0.25, 0.3) is 0 Å². The van der Waals surface area contributed by atoms with Crippen LogP contribution >= 0.6 is 0 Å². The summed E-state index contributed by atoms with van der Waals surface area (Å²) in [4.78, 5) is 23.4. The Hall–Kier alpha value is -2.76. The SMILES string of the molecule is C[C@@H](NC(=O)CCNC(=O)Nc1ccccc1)c1ccco1. The first kappa shape index (κ1) is 15.6. The Labute approximate surface area is 128 Å². The van der Waals surface area contributed by atoms with E-state index in [0.29, 0.717) is 11.4 Å². The van der Waals surface area contributed by atoms with Gasteiger partial charge in [0, 0.05) is 18.7 Å². The molecule has 6 nitrogen and oxygen atoms in total. The molecule has 1 aromatic carbocycles. The van der Waals surface area contributed by atoms with Gasteiger partial charge < -0.3 is 20.4 Å². The Morgan fingerprint density at radius 1 is 1.14 bits per heavy atom. The first-order valence-corrected chi connectivity index (χ1v) is 7.08. The summed E-state index contributed by atoms with van der Waals surface area (Å²) in [7, 11) is 0. The standard InChI is InChI=1S/C16H19N3O3/c1-12(14-8-5-11-22-14)18-15(20)9-10-17-16(21)19-13-6-3-2-4-7-13/h2-8,11-12H,9-10H2,1H3,(H,18,20)(H2,17,19,21)/t12-/m1/s1. The monoisotopic (exact) mass is 301 g/mol. The molecule has 1 aromatic heterocycles. The maximum atomic E-state index is 11.8. The third kappa shape index (κ3) is 4.97. The van der Waals surface area contributed by atoms with Gasteiger partial charge in [-0.05, 0) is 31.2 Å². The molecular formula is C16H19N3O3. The Bertz CT molecular complexity index is 596. The number of carbonyl (C=O) groups is 2. The molecule has 116 valence electrons. The van der Waals surface area contributed by atoms with Crippen LogP contribution in [-0.2, 0) is 4.79 Å². The molecule has 2 aromatic rings. The summed E-state index contributed by atoms with van der Waals surface area (Å²) in [5.74, 6) is 0.548. The molecule has 0 fully saturated rings. The lowest BCUT2D eigenvalue weighted by Gasteiger charge is -2.12. The summed E-state index contributed by atoms with van der Waals surface area (Å²) in [6.07, 6.45) is 1.76. The van der Waals surface area contributed by atoms with Crippen LogP contribution in [0.15, 0.2) is 53.1 Å². The number of benzene rings is 1. The van der Waals surface area contributed by atoms with E-state index >= 15 is 0 Å². The van der Waals surface area contributed by atoms with Gasteiger partial charge in [-0.3, -0.25) is 4.79 Å². The number of hydrogen-bond acceptors (Lipinski definition) is 3. The van der Waals surface area contributed by atoms with Crippen LogP contribution in [-0.4, -0.2) is 18.5 Å². The second-order valence-corrected chi connectivity index (χ2v) is 4.80. The molecule has 0 aliphatic rings. The van der Waals surface area contributed by atoms with Crippen molar-refractivity contribution >= 4 is 17.6 Å². The summed E-state index contributed by atoms with van der Waals surface area (Å²) in [5, 5.41) is 8.12. The molecule has 1 atom stereocenters. The smallest absolute Gasteiger partial charge is 0.319 e. The highest BCUT2D eigenvalue weighted by atomic mass is 16.3. The predicted molar refractivity (Wildman–Crippen MR) is 83.3 cm³/mol. The second-order valence-electron chi connectivity index (χ2n) is 4.80. The molecular weight excluding hydrogens is 282 g/mol. The van der Waals surface area contributed by atoms with Gasteiger partial charge in [0.05, 0.1) is 12.3 Å². The number of urea groups is 1. The van der Waals surface area contributed by atoms with Crippen molar-refractivity contribution in [2.75, 3.05) is 11.9 Å². The van der Waals surface area contributed by atoms with Crippen molar-refractivity contribution in [1.82, 2.24) is 10.6 Å². The van der Waals surface area contributed by atoms with Gasteiger partial charge in [0.2, 0.25) is 5.91 Å². The fourth-order valence-corrected chi connectivity index (χ4v) is 1.91. The van der Waals surface area contributed by atoms with Crippen molar-refractivity contribution in [3.05, 3.63) is 54.5 Å². The molecule has 3 N–H and O–H groups in total. The molecule has 0 bridgehead atoms. The lowest BCUT2D eigenvalue weighted by atomic mass is 10.2. The molecule has 0 radical (unpaired) electrons. The van der Waals surface area contributed by atoms with E-state index in [-0.39, 0.29) is 30.9 Å². The van der Waals surface area contributed by atoms with E-state index in [9.17, 15) is 9.59 Å². The first-order chi connectivity index (χ1) is 10.6. The Kier molecular flexibility index (Phi) is 5.59. The Balaban J connectivity index is 1.65. The van der Waals surface area contributed by atoms with E-state index in [1.54, 1.807) is 30.5 Å². The highest BCUT2D eigenvalue weighted by Gasteiger charge is 2.11. The number of para-hydroxylation sites is 1. The molecule has 1 heterocycles. The number of nitrogens with one attached hydrogen (secondary N) is 3. The number of amides is 3. The fraction of sp³-hybridized carbons (Fsp3) is 0.250. The normalized spacial score (nSPS) is 11.5. The molecule has 6 heteroatoms. The van der Waals surface area contributed by atoms with Crippen LogP contribution in [0, 0.1) is 0 Å². The van der Waals surface area contributed by atoms with Crippen LogP contribution < -0.4 is 16.0 Å². The molecule has 22 heavy (non-hydrogen) atoms. The van der Waals surface area contributed by atoms with Crippen LogP contribution in [0.4, 0.5) is 10.5 Å². The van der Waals surface area contributed by atoms with Crippen LogP contribution in [0.3, 0.4) is 0 Å². The van der Waals surface area contributed by atoms with E-state index in [0.717, 1.165) is 0 Å². The zero-order chi connectivity index (χ0) is 15.8. The number of carbonyl (C=O) groups excluding carboxylic acids is 2. The van der Waals surface area contributed by atoms with Gasteiger partial charge in [-0.25, -0.2) is 4.79 Å². The Morgan fingerprint density at radius 3 is 2.59 bits per heavy atom. The third-order valence-electron chi connectivity index (χ3n) is 3.02. The third-order valence-corrected chi connectivity index (χ3v) is 3.02. The van der Waals surface area contributed by atoms with Crippen LogP contribution in [0.2, 0.25) is 0 Å². The van der Waals surface area contributed by atoms with Crippen LogP contribution in [0.1, 0.15) is 25.1 Å². The molecule has 0 unspecified atom stereocenters. The summed E-state index contributed by atoms with van der Waals surface area (Å²) in [6, 6.07) is 12.2. The highest BCUT2D eigenvalue weighted by molar-refractivity contribution is 5.89. The quantitative estimate of drug-likeness (QED) is 0.767. The van der Waals surface area contributed by atoms with Gasteiger partial charge in [-0.2, -0.15) is 0 Å². The van der Waals surface area contributed by atoms with E-state index in [1.165, 1.54) is 0 Å². The molecule has 0 aliphatic carbocycles. The summed E-state index contributed by atoms with van der Waals surface area (Å²) < 4.78 is 5.21. The summed E-state index contributed by atoms with van der Waals surface area (Å²) in [6.45, 7) is 2.10. The topological polar surface area (TPSA) is 83.4 Å². The Morgan fingerprint density at radius 2 is 1.91 bits per heavy atom. The van der Waals surface area contributed by atoms with E-state index in [4.69, 9.17) is 4.42 Å². The summed E-state index contributed by atoms with van der Waals surface area (Å²) >= 11 is 0. The average Bonchev–Trinajstić information content (AvgIpc) is 3.02. The highest BCUT2D eigenvalue weighted by Crippen LogP contribution is 2.11. The predicted octanol–water partition coefficient (Wildman–Crippen LogP) is 2.67. The minimum atomic E-state index is -0.335. The number of hydrogen-bond donors (Lipinski definition) is 3. The van der Waals surface area contributed by atoms with Crippen molar-refractivity contribution in [1.29, 1.82) is 0 Å². The van der Waals surface area contributed by atoms with Crippen molar-refractivity contribution in [2.24, 2.45) is 0 Å². The van der Waals surface area contributed by atoms with E-state index in [2.05, 4.69) is 16.0 Å². The van der Waals surface area contributed by atoms with Gasteiger partial charge in [0.1, 0.15) is 5.76 Å². The minimum Gasteiger partial charge on any atom is -0.467 e. The minimum absolute atomic E-state index is 0.149. The molecule has 0 aliphatic heterocycles. The molecule has 2 rings (SSSR count). The fourth-order valence-electron chi connectivity index (χ4n) is 1.91. The van der Waals surface area contributed by atoms with Gasteiger partial charge in [0.15, 0.2) is 0 Å². The van der Waals surface area contributed by atoms with Gasteiger partial charge in [-0.15, -0.1) is 0 Å². The molecule has 0 saturated heterocycles. The zero-order valence-electron chi connectivity index (χ0n) is 12.3. The number of furan rings is 1. The first-order valence-electron chi connectivity index (χ1n) is 7.08. The second kappa shape index (κ2) is 7.87. The summed E-state index contributed by atoms with van der Waals surface area (Å²) in [5.41, 5.74) is 0.705. The van der Waals surface area contributed by atoms with Crippen molar-refractivity contribution in [3.63, 3.8) is 0 Å². The van der Waals surface area contributed by atoms with Gasteiger partial charge in [-0.1, -0.05) is 18.2 Å². The number of rotatable bonds is 6. The molecule has 0 spiro atoms. The van der Waals surface area contributed by atoms with Crippen molar-refractivity contribution in [3.8, 4) is 0 Å². The van der Waals surface area contributed by atoms with Gasteiger partial charge in [0.25, 0.3) is 0 Å². The molecule has 0 saturated carbocycles. The molecule has 3 amide bonds. The largest absolute Gasteiger partial charge is 0.467 e. The zero-order valence-corrected chi connectivity index (χ0v) is 12.3. The lowest BCUT2D eigenvalue weighted by Crippen LogP contribution is -2.34. The van der Waals surface area contributed by atoms with E-state index in [1.807, 2.05) is 25.1 Å². The number of anilines is 1. The van der Waals surface area contributed by atoms with E-state index < -0.39 is 0 Å². The average molecular weight is 301 g/mol.